The summed E-state index contributed by atoms with van der Waals surface area (Å²) in [5, 5.41) is 9.40. The zero-order valence-corrected chi connectivity index (χ0v) is 11.7. The van der Waals surface area contributed by atoms with E-state index < -0.39 is 0 Å². The lowest BCUT2D eigenvalue weighted by Gasteiger charge is -2.13. The van der Waals surface area contributed by atoms with Gasteiger partial charge < -0.3 is 5.11 Å². The molecule has 0 unspecified atom stereocenters. The van der Waals surface area contributed by atoms with Crippen LogP contribution in [0.5, 0.6) is 5.75 Å². The van der Waals surface area contributed by atoms with Crippen molar-refractivity contribution in [3.05, 3.63) is 34.6 Å². The van der Waals surface area contributed by atoms with Gasteiger partial charge in [0.25, 0.3) is 0 Å². The minimum atomic E-state index is -0.144. The summed E-state index contributed by atoms with van der Waals surface area (Å²) in [6.07, 6.45) is 0.661. The first-order valence-corrected chi connectivity index (χ1v) is 6.13. The first kappa shape index (κ1) is 15.7. The van der Waals surface area contributed by atoms with Crippen LogP contribution in [0.25, 0.3) is 5.57 Å². The van der Waals surface area contributed by atoms with Crippen LogP contribution < -0.4 is 0 Å². The molecule has 0 saturated carbocycles. The number of aromatic hydroxyl groups is 1. The second-order valence-electron chi connectivity index (χ2n) is 3.82. The molecule has 1 aromatic rings. The smallest absolute Gasteiger partial charge is 0.116 e. The number of hydrogen-bond acceptors (Lipinski definition) is 1. The van der Waals surface area contributed by atoms with Crippen LogP contribution in [0.2, 0.25) is 0 Å². The van der Waals surface area contributed by atoms with Crippen LogP contribution in [0.4, 0.5) is 4.39 Å². The molecule has 0 atom stereocenters. The van der Waals surface area contributed by atoms with Crippen molar-refractivity contribution < 1.29 is 9.50 Å². The molecule has 17 heavy (non-hydrogen) atoms. The van der Waals surface area contributed by atoms with Gasteiger partial charge in [0.1, 0.15) is 11.6 Å². The van der Waals surface area contributed by atoms with Crippen molar-refractivity contribution in [1.29, 1.82) is 0 Å². The summed E-state index contributed by atoms with van der Waals surface area (Å²) in [4.78, 5) is 0. The highest BCUT2D eigenvalue weighted by Crippen LogP contribution is 2.31. The lowest BCUT2D eigenvalue weighted by molar-refractivity contribution is 0.474. The number of rotatable bonds is 2. The SMILES string of the molecule is CC.CC/C(=C(/C)F)c1c(C)cc(O)cc1C. The number of hydrogen-bond donors (Lipinski definition) is 1. The zero-order chi connectivity index (χ0) is 13.6. The summed E-state index contributed by atoms with van der Waals surface area (Å²) in [7, 11) is 0. The van der Waals surface area contributed by atoms with Crippen LogP contribution in [0, 0.1) is 13.8 Å². The largest absolute Gasteiger partial charge is 0.508 e. The Morgan fingerprint density at radius 3 is 1.88 bits per heavy atom. The number of aryl methyl sites for hydroxylation is 2. The molecule has 1 nitrogen and oxygen atoms in total. The van der Waals surface area contributed by atoms with E-state index in [4.69, 9.17) is 0 Å². The van der Waals surface area contributed by atoms with Crippen LogP contribution >= 0.6 is 0 Å². The Kier molecular flexibility index (Phi) is 6.55. The minimum absolute atomic E-state index is 0.144. The molecule has 2 heteroatoms. The molecule has 0 aliphatic heterocycles. The van der Waals surface area contributed by atoms with E-state index in [1.807, 2.05) is 34.6 Å². The van der Waals surface area contributed by atoms with E-state index in [1.54, 1.807) is 12.1 Å². The van der Waals surface area contributed by atoms with Gasteiger partial charge in [0.15, 0.2) is 0 Å². The fraction of sp³-hybridized carbons (Fsp3) is 0.467. The van der Waals surface area contributed by atoms with Gasteiger partial charge in [-0.3, -0.25) is 0 Å². The molecule has 0 aliphatic rings. The van der Waals surface area contributed by atoms with E-state index in [9.17, 15) is 9.50 Å². The van der Waals surface area contributed by atoms with E-state index >= 15 is 0 Å². The molecule has 0 bridgehead atoms. The molecule has 0 fully saturated rings. The lowest BCUT2D eigenvalue weighted by atomic mass is 9.93. The Hall–Kier alpha value is -1.31. The lowest BCUT2D eigenvalue weighted by Crippen LogP contribution is -1.94. The molecule has 0 aromatic heterocycles. The third-order valence-corrected chi connectivity index (χ3v) is 2.59. The van der Waals surface area contributed by atoms with Gasteiger partial charge in [-0.1, -0.05) is 20.8 Å². The van der Waals surface area contributed by atoms with Crippen LogP contribution in [0.3, 0.4) is 0 Å². The average Bonchev–Trinajstić information content (AvgIpc) is 2.25. The normalized spacial score (nSPS) is 11.5. The minimum Gasteiger partial charge on any atom is -0.508 e. The number of halogens is 1. The maximum atomic E-state index is 13.3. The first-order chi connectivity index (χ1) is 7.97. The Labute approximate surface area is 104 Å². The van der Waals surface area contributed by atoms with Crippen molar-refractivity contribution >= 4 is 5.57 Å². The highest BCUT2D eigenvalue weighted by atomic mass is 19.1. The van der Waals surface area contributed by atoms with Gasteiger partial charge in [-0.05, 0) is 61.6 Å². The van der Waals surface area contributed by atoms with Crippen LogP contribution in [0.15, 0.2) is 18.0 Å². The standard InChI is InChI=1S/C13H17FO.C2H6/c1-5-12(10(4)14)13-8(2)6-11(15)7-9(13)3;1-2/h6-7,15H,5H2,1-4H3;1-2H3/b12-10+;. The molecule has 0 aliphatic carbocycles. The van der Waals surface area contributed by atoms with Gasteiger partial charge in [0.2, 0.25) is 0 Å². The predicted octanol–water partition coefficient (Wildman–Crippen LogP) is 5.15. The predicted molar refractivity (Wildman–Crippen MR) is 72.9 cm³/mol. The summed E-state index contributed by atoms with van der Waals surface area (Å²) in [5.41, 5.74) is 3.49. The van der Waals surface area contributed by atoms with E-state index in [-0.39, 0.29) is 11.6 Å². The Balaban J connectivity index is 0.00000121. The van der Waals surface area contributed by atoms with Crippen molar-refractivity contribution in [3.63, 3.8) is 0 Å². The van der Waals surface area contributed by atoms with E-state index in [1.165, 1.54) is 6.92 Å². The van der Waals surface area contributed by atoms with Crippen molar-refractivity contribution in [2.24, 2.45) is 0 Å². The zero-order valence-electron chi connectivity index (χ0n) is 11.7. The van der Waals surface area contributed by atoms with Crippen molar-refractivity contribution in [2.45, 2.75) is 48.0 Å². The quantitative estimate of drug-likeness (QED) is 0.755. The molecule has 0 amide bonds. The molecule has 0 spiro atoms. The van der Waals surface area contributed by atoms with Gasteiger partial charge in [0.05, 0.1) is 0 Å². The van der Waals surface area contributed by atoms with Crippen LogP contribution in [0.1, 0.15) is 50.8 Å². The van der Waals surface area contributed by atoms with Gasteiger partial charge in [-0.15, -0.1) is 0 Å². The van der Waals surface area contributed by atoms with Gasteiger partial charge in [-0.25, -0.2) is 4.39 Å². The Morgan fingerprint density at radius 1 is 1.18 bits per heavy atom. The first-order valence-electron chi connectivity index (χ1n) is 6.13. The second-order valence-corrected chi connectivity index (χ2v) is 3.82. The molecule has 0 saturated heterocycles. The molecule has 0 radical (unpaired) electrons. The van der Waals surface area contributed by atoms with Gasteiger partial charge >= 0.3 is 0 Å². The van der Waals surface area contributed by atoms with E-state index in [0.717, 1.165) is 22.3 Å². The fourth-order valence-electron chi connectivity index (χ4n) is 2.01. The molecular formula is C15H23FO. The molecular weight excluding hydrogens is 215 g/mol. The van der Waals surface area contributed by atoms with Crippen molar-refractivity contribution in [2.75, 3.05) is 0 Å². The monoisotopic (exact) mass is 238 g/mol. The third-order valence-electron chi connectivity index (χ3n) is 2.59. The summed E-state index contributed by atoms with van der Waals surface area (Å²) < 4.78 is 13.3. The highest BCUT2D eigenvalue weighted by Gasteiger charge is 2.11. The maximum absolute atomic E-state index is 13.3. The number of phenols is 1. The molecule has 1 aromatic carbocycles. The van der Waals surface area contributed by atoms with E-state index in [0.29, 0.717) is 6.42 Å². The van der Waals surface area contributed by atoms with Gasteiger partial charge in [-0.2, -0.15) is 0 Å². The average molecular weight is 238 g/mol. The maximum Gasteiger partial charge on any atom is 0.116 e. The Bertz CT molecular complexity index is 378. The summed E-state index contributed by atoms with van der Waals surface area (Å²) in [5.74, 6) is 0.0927. The summed E-state index contributed by atoms with van der Waals surface area (Å²) >= 11 is 0. The molecule has 0 heterocycles. The second kappa shape index (κ2) is 7.10. The van der Waals surface area contributed by atoms with Gasteiger partial charge in [0, 0.05) is 0 Å². The van der Waals surface area contributed by atoms with Crippen LogP contribution in [-0.4, -0.2) is 5.11 Å². The van der Waals surface area contributed by atoms with Crippen LogP contribution in [-0.2, 0) is 0 Å². The topological polar surface area (TPSA) is 20.2 Å². The molecule has 96 valence electrons. The van der Waals surface area contributed by atoms with E-state index in [2.05, 4.69) is 0 Å². The highest BCUT2D eigenvalue weighted by molar-refractivity contribution is 5.72. The number of allylic oxidation sites excluding steroid dienone is 2. The summed E-state index contributed by atoms with van der Waals surface area (Å²) in [6, 6.07) is 3.34. The summed E-state index contributed by atoms with van der Waals surface area (Å²) in [6.45, 7) is 11.2. The molecule has 1 N–H and O–H groups in total. The number of phenolic OH excluding ortho intramolecular Hbond substituents is 1. The van der Waals surface area contributed by atoms with Crippen molar-refractivity contribution in [3.8, 4) is 5.75 Å². The Morgan fingerprint density at radius 2 is 1.59 bits per heavy atom. The number of benzene rings is 1. The van der Waals surface area contributed by atoms with Crippen molar-refractivity contribution in [1.82, 2.24) is 0 Å². The third kappa shape index (κ3) is 3.88. The fourth-order valence-corrected chi connectivity index (χ4v) is 2.01. The molecule has 1 rings (SSSR count).